The first-order valence-electron chi connectivity index (χ1n) is 10.9. The van der Waals surface area contributed by atoms with Crippen molar-refractivity contribution in [1.29, 1.82) is 0 Å². The molecule has 0 unspecified atom stereocenters. The highest BCUT2D eigenvalue weighted by atomic mass is 79.9. The van der Waals surface area contributed by atoms with Crippen LogP contribution in [-0.4, -0.2) is 38.1 Å². The number of halogens is 1. The van der Waals surface area contributed by atoms with Crippen LogP contribution < -0.4 is 10.6 Å². The van der Waals surface area contributed by atoms with Crippen LogP contribution in [0, 0.1) is 0 Å². The molecule has 2 N–H and O–H groups in total. The van der Waals surface area contributed by atoms with Gasteiger partial charge in [-0.05, 0) is 53.4 Å². The number of nitrogens with one attached hydrogen (secondary N) is 2. The third kappa shape index (κ3) is 5.37. The average Bonchev–Trinajstić information content (AvgIpc) is 2.83. The lowest BCUT2D eigenvalue weighted by Crippen LogP contribution is -2.45. The van der Waals surface area contributed by atoms with E-state index in [9.17, 15) is 9.59 Å². The second kappa shape index (κ2) is 10.3. The quantitative estimate of drug-likeness (QED) is 0.504. The third-order valence-corrected chi connectivity index (χ3v) is 6.65. The summed E-state index contributed by atoms with van der Waals surface area (Å²) >= 11 is 3.55. The van der Waals surface area contributed by atoms with E-state index in [0.29, 0.717) is 31.9 Å². The molecule has 1 heterocycles. The lowest BCUT2D eigenvalue weighted by Gasteiger charge is -2.38. The molecule has 0 saturated carbocycles. The Morgan fingerprint density at radius 3 is 2.47 bits per heavy atom. The normalized spacial score (nSPS) is 15.3. The van der Waals surface area contributed by atoms with Gasteiger partial charge in [-0.2, -0.15) is 0 Å². The Balaban J connectivity index is 1.30. The zero-order chi connectivity index (χ0) is 22.4. The minimum Gasteiger partial charge on any atom is -0.381 e. The summed E-state index contributed by atoms with van der Waals surface area (Å²) in [5.74, 6) is -0.233. The molecule has 2 amide bonds. The van der Waals surface area contributed by atoms with Gasteiger partial charge in [-0.1, -0.05) is 58.4 Å². The van der Waals surface area contributed by atoms with Crippen LogP contribution in [0.2, 0.25) is 0 Å². The zero-order valence-corrected chi connectivity index (χ0v) is 19.5. The number of hydrogen-bond donors (Lipinski definition) is 2. The average molecular weight is 495 g/mol. The van der Waals surface area contributed by atoms with Gasteiger partial charge in [-0.3, -0.25) is 9.59 Å². The lowest BCUT2D eigenvalue weighted by atomic mass is 9.74. The zero-order valence-electron chi connectivity index (χ0n) is 17.9. The van der Waals surface area contributed by atoms with E-state index in [1.807, 2.05) is 54.6 Å². The fourth-order valence-corrected chi connectivity index (χ4v) is 4.63. The Bertz CT molecular complexity index is 1110. The molecule has 0 aliphatic carbocycles. The minimum absolute atomic E-state index is 0.0651. The van der Waals surface area contributed by atoms with Gasteiger partial charge in [0.1, 0.15) is 0 Å². The van der Waals surface area contributed by atoms with Crippen molar-refractivity contribution in [2.45, 2.75) is 24.7 Å². The Morgan fingerprint density at radius 1 is 0.906 bits per heavy atom. The van der Waals surface area contributed by atoms with Crippen LogP contribution in [0.15, 0.2) is 71.2 Å². The fourth-order valence-electron chi connectivity index (χ4n) is 4.23. The van der Waals surface area contributed by atoms with Crippen LogP contribution >= 0.6 is 15.9 Å². The van der Waals surface area contributed by atoms with Crippen LogP contribution in [0.25, 0.3) is 10.8 Å². The summed E-state index contributed by atoms with van der Waals surface area (Å²) in [5, 5.41) is 8.06. The molecule has 0 spiro atoms. The molecule has 1 aliphatic rings. The van der Waals surface area contributed by atoms with Gasteiger partial charge in [0.15, 0.2) is 0 Å². The number of ether oxygens (including phenoxy) is 1. The van der Waals surface area contributed by atoms with Crippen LogP contribution in [-0.2, 0) is 14.9 Å². The second-order valence-electron chi connectivity index (χ2n) is 8.25. The highest BCUT2D eigenvalue weighted by Gasteiger charge is 2.34. The van der Waals surface area contributed by atoms with E-state index < -0.39 is 0 Å². The smallest absolute Gasteiger partial charge is 0.251 e. The van der Waals surface area contributed by atoms with E-state index in [4.69, 9.17) is 4.74 Å². The summed E-state index contributed by atoms with van der Waals surface area (Å²) in [6.07, 6.45) is 1.97. The molecule has 3 aromatic rings. The number of fused-ring (bicyclic) bond motifs is 1. The van der Waals surface area contributed by atoms with Crippen LogP contribution in [0.1, 0.15) is 35.2 Å². The van der Waals surface area contributed by atoms with Crippen molar-refractivity contribution in [3.05, 3.63) is 82.3 Å². The second-order valence-corrected chi connectivity index (χ2v) is 9.16. The number of benzene rings is 3. The molecule has 0 radical (unpaired) electrons. The van der Waals surface area contributed by atoms with Crippen molar-refractivity contribution >= 4 is 38.5 Å². The summed E-state index contributed by atoms with van der Waals surface area (Å²) in [5.41, 5.74) is 1.67. The van der Waals surface area contributed by atoms with Gasteiger partial charge < -0.3 is 15.4 Å². The molecular formula is C26H27BrN2O3. The van der Waals surface area contributed by atoms with Crippen molar-refractivity contribution in [3.8, 4) is 0 Å². The predicted octanol–water partition coefficient (Wildman–Crippen LogP) is 4.59. The van der Waals surface area contributed by atoms with Crippen molar-refractivity contribution in [2.24, 2.45) is 0 Å². The van der Waals surface area contributed by atoms with Gasteiger partial charge in [-0.15, -0.1) is 0 Å². The number of carbonyl (C=O) groups excluding carboxylic acids is 2. The molecular weight excluding hydrogens is 468 g/mol. The number of amides is 2. The van der Waals surface area contributed by atoms with Gasteiger partial charge in [0, 0.05) is 48.2 Å². The minimum atomic E-state index is -0.168. The van der Waals surface area contributed by atoms with Gasteiger partial charge in [0.25, 0.3) is 5.91 Å². The lowest BCUT2D eigenvalue weighted by molar-refractivity contribution is -0.121. The number of carbonyl (C=O) groups is 2. The van der Waals surface area contributed by atoms with Crippen molar-refractivity contribution < 1.29 is 14.3 Å². The third-order valence-electron chi connectivity index (χ3n) is 6.16. The Hall–Kier alpha value is -2.70. The number of rotatable bonds is 7. The molecule has 1 aliphatic heterocycles. The molecule has 0 bridgehead atoms. The maximum atomic E-state index is 12.5. The molecule has 32 heavy (non-hydrogen) atoms. The highest BCUT2D eigenvalue weighted by Crippen LogP contribution is 2.35. The van der Waals surface area contributed by atoms with Crippen LogP contribution in [0.5, 0.6) is 0 Å². The predicted molar refractivity (Wildman–Crippen MR) is 130 cm³/mol. The summed E-state index contributed by atoms with van der Waals surface area (Å²) in [6, 6.07) is 21.8. The summed E-state index contributed by atoms with van der Waals surface area (Å²) in [6.45, 7) is 2.23. The molecule has 3 aromatic carbocycles. The largest absolute Gasteiger partial charge is 0.381 e. The Kier molecular flexibility index (Phi) is 7.22. The molecule has 6 heteroatoms. The van der Waals surface area contributed by atoms with E-state index in [2.05, 4.69) is 38.7 Å². The Morgan fingerprint density at radius 2 is 1.69 bits per heavy atom. The number of hydrogen-bond acceptors (Lipinski definition) is 3. The van der Waals surface area contributed by atoms with Crippen LogP contribution in [0.3, 0.4) is 0 Å². The van der Waals surface area contributed by atoms with E-state index >= 15 is 0 Å². The fraction of sp³-hybridized carbons (Fsp3) is 0.308. The first-order chi connectivity index (χ1) is 15.6. The van der Waals surface area contributed by atoms with Gasteiger partial charge >= 0.3 is 0 Å². The molecule has 0 atom stereocenters. The topological polar surface area (TPSA) is 67.4 Å². The van der Waals surface area contributed by atoms with Gasteiger partial charge in [-0.25, -0.2) is 0 Å². The summed E-state index contributed by atoms with van der Waals surface area (Å²) < 4.78 is 6.60. The van der Waals surface area contributed by atoms with E-state index in [-0.39, 0.29) is 23.7 Å². The monoisotopic (exact) mass is 494 g/mol. The molecule has 1 fully saturated rings. The highest BCUT2D eigenvalue weighted by molar-refractivity contribution is 9.10. The summed E-state index contributed by atoms with van der Waals surface area (Å²) in [4.78, 5) is 25.0. The van der Waals surface area contributed by atoms with E-state index in [1.54, 1.807) is 0 Å². The van der Waals surface area contributed by atoms with Gasteiger partial charge in [0.2, 0.25) is 5.91 Å². The maximum Gasteiger partial charge on any atom is 0.251 e. The SMILES string of the molecule is O=C(CCNC(=O)c1ccc2ccccc2c1)NCC1(c2cccc(Br)c2)CCOCC1. The molecule has 4 rings (SSSR count). The summed E-state index contributed by atoms with van der Waals surface area (Å²) in [7, 11) is 0. The standard InChI is InChI=1S/C26H27BrN2O3/c27-23-7-3-6-22(17-23)26(11-14-32-15-12-26)18-29-24(30)10-13-28-25(31)21-9-8-19-4-1-2-5-20(19)16-21/h1-9,16-17H,10-15,18H2,(H,28,31)(H,29,30). The molecule has 0 aromatic heterocycles. The first kappa shape index (κ1) is 22.5. The van der Waals surface area contributed by atoms with Crippen molar-refractivity contribution in [2.75, 3.05) is 26.3 Å². The Labute approximate surface area is 196 Å². The van der Waals surface area contributed by atoms with Crippen molar-refractivity contribution in [1.82, 2.24) is 10.6 Å². The molecule has 166 valence electrons. The molecule has 1 saturated heterocycles. The van der Waals surface area contributed by atoms with E-state index in [0.717, 1.165) is 28.1 Å². The van der Waals surface area contributed by atoms with Crippen molar-refractivity contribution in [3.63, 3.8) is 0 Å². The van der Waals surface area contributed by atoms with E-state index in [1.165, 1.54) is 5.56 Å². The molecule has 5 nitrogen and oxygen atoms in total. The van der Waals surface area contributed by atoms with Crippen LogP contribution in [0.4, 0.5) is 0 Å². The van der Waals surface area contributed by atoms with Gasteiger partial charge in [0.05, 0.1) is 0 Å². The first-order valence-corrected chi connectivity index (χ1v) is 11.7. The maximum absolute atomic E-state index is 12.5.